The van der Waals surface area contributed by atoms with Gasteiger partial charge >= 0.3 is 0 Å². The van der Waals surface area contributed by atoms with Gasteiger partial charge < -0.3 is 5.32 Å². The zero-order valence-corrected chi connectivity index (χ0v) is 11.9. The van der Waals surface area contributed by atoms with E-state index in [1.807, 2.05) is 0 Å². The number of hydrogen-bond acceptors (Lipinski definition) is 2. The maximum absolute atomic E-state index is 3.82. The van der Waals surface area contributed by atoms with Crippen LogP contribution in [0.4, 0.5) is 0 Å². The third-order valence-electron chi connectivity index (χ3n) is 5.55. The van der Waals surface area contributed by atoms with Gasteiger partial charge in [0.05, 0.1) is 0 Å². The maximum atomic E-state index is 3.82. The largest absolute Gasteiger partial charge is 0.311 e. The molecule has 2 heteroatoms. The lowest BCUT2D eigenvalue weighted by Gasteiger charge is -2.43. The highest BCUT2D eigenvalue weighted by Crippen LogP contribution is 2.29. The van der Waals surface area contributed by atoms with Crippen molar-refractivity contribution in [3.05, 3.63) is 0 Å². The van der Waals surface area contributed by atoms with E-state index in [0.29, 0.717) is 0 Å². The molecule has 0 radical (unpaired) electrons. The van der Waals surface area contributed by atoms with Crippen LogP contribution < -0.4 is 5.32 Å². The predicted octanol–water partition coefficient (Wildman–Crippen LogP) is 3.17. The molecule has 2 aliphatic carbocycles. The lowest BCUT2D eigenvalue weighted by molar-refractivity contribution is 0.0890. The van der Waals surface area contributed by atoms with Gasteiger partial charge in [-0.1, -0.05) is 38.5 Å². The first kappa shape index (κ1) is 12.9. The molecule has 0 bridgehead atoms. The van der Waals surface area contributed by atoms with Gasteiger partial charge in [-0.2, -0.15) is 0 Å². The maximum Gasteiger partial charge on any atom is 0.0223 e. The lowest BCUT2D eigenvalue weighted by Crippen LogP contribution is -2.56. The summed E-state index contributed by atoms with van der Waals surface area (Å²) in [5.41, 5.74) is 0. The molecule has 3 rings (SSSR count). The quantitative estimate of drug-likeness (QED) is 0.810. The van der Waals surface area contributed by atoms with Crippen molar-refractivity contribution in [1.82, 2.24) is 10.2 Å². The summed E-state index contributed by atoms with van der Waals surface area (Å²) in [5, 5.41) is 3.82. The van der Waals surface area contributed by atoms with Gasteiger partial charge in [0, 0.05) is 31.7 Å². The molecule has 18 heavy (non-hydrogen) atoms. The predicted molar refractivity (Wildman–Crippen MR) is 76.8 cm³/mol. The van der Waals surface area contributed by atoms with Crippen LogP contribution in [0.5, 0.6) is 0 Å². The second-order valence-corrected chi connectivity index (χ2v) is 6.75. The van der Waals surface area contributed by atoms with E-state index in [1.54, 1.807) is 0 Å². The molecular weight excluding hydrogens is 220 g/mol. The third-order valence-corrected chi connectivity index (χ3v) is 5.55. The molecule has 3 aliphatic rings. The van der Waals surface area contributed by atoms with Gasteiger partial charge in [0.2, 0.25) is 0 Å². The van der Waals surface area contributed by atoms with Gasteiger partial charge in [-0.15, -0.1) is 0 Å². The molecule has 1 saturated heterocycles. The average molecular weight is 250 g/mol. The average Bonchev–Trinajstić information content (AvgIpc) is 2.49. The molecule has 0 spiro atoms. The van der Waals surface area contributed by atoms with Crippen molar-refractivity contribution >= 4 is 0 Å². The Balaban J connectivity index is 1.53. The first-order chi connectivity index (χ1) is 8.93. The summed E-state index contributed by atoms with van der Waals surface area (Å²) in [6.07, 6.45) is 14.8. The van der Waals surface area contributed by atoms with Crippen LogP contribution in [0.25, 0.3) is 0 Å². The summed E-state index contributed by atoms with van der Waals surface area (Å²) in [6.45, 7) is 3.88. The van der Waals surface area contributed by atoms with E-state index in [9.17, 15) is 0 Å². The Bertz CT molecular complexity index is 217. The lowest BCUT2D eigenvalue weighted by atomic mass is 9.82. The van der Waals surface area contributed by atoms with E-state index in [2.05, 4.69) is 10.2 Å². The Kier molecular flexibility index (Phi) is 4.58. The monoisotopic (exact) mass is 250 g/mol. The minimum Gasteiger partial charge on any atom is -0.311 e. The smallest absolute Gasteiger partial charge is 0.0223 e. The van der Waals surface area contributed by atoms with Crippen LogP contribution in [0.1, 0.15) is 64.2 Å². The summed E-state index contributed by atoms with van der Waals surface area (Å²) < 4.78 is 0. The molecule has 1 unspecified atom stereocenters. The first-order valence-corrected chi connectivity index (χ1v) is 8.41. The molecule has 3 fully saturated rings. The Morgan fingerprint density at radius 1 is 0.778 bits per heavy atom. The SMILES string of the molecule is C1CCC(C2CN(C3CCCCC3)CCN2)CC1. The summed E-state index contributed by atoms with van der Waals surface area (Å²) >= 11 is 0. The second kappa shape index (κ2) is 6.38. The molecule has 0 aromatic carbocycles. The molecule has 2 saturated carbocycles. The van der Waals surface area contributed by atoms with Crippen molar-refractivity contribution in [1.29, 1.82) is 0 Å². The third kappa shape index (κ3) is 3.08. The molecule has 0 aromatic rings. The van der Waals surface area contributed by atoms with Gasteiger partial charge in [-0.3, -0.25) is 4.90 Å². The van der Waals surface area contributed by atoms with Crippen LogP contribution in [0.2, 0.25) is 0 Å². The molecule has 104 valence electrons. The summed E-state index contributed by atoms with van der Waals surface area (Å²) in [5.74, 6) is 0.977. The molecular formula is C16H30N2. The van der Waals surface area contributed by atoms with Crippen molar-refractivity contribution in [2.24, 2.45) is 5.92 Å². The van der Waals surface area contributed by atoms with Gasteiger partial charge in [-0.25, -0.2) is 0 Å². The molecule has 0 amide bonds. The van der Waals surface area contributed by atoms with Crippen LogP contribution >= 0.6 is 0 Å². The van der Waals surface area contributed by atoms with E-state index in [0.717, 1.165) is 18.0 Å². The summed E-state index contributed by atoms with van der Waals surface area (Å²) in [7, 11) is 0. The minimum absolute atomic E-state index is 0.806. The Morgan fingerprint density at radius 2 is 1.44 bits per heavy atom. The van der Waals surface area contributed by atoms with Crippen LogP contribution in [0.15, 0.2) is 0 Å². The highest BCUT2D eigenvalue weighted by atomic mass is 15.2. The highest BCUT2D eigenvalue weighted by molar-refractivity contribution is 4.89. The summed E-state index contributed by atoms with van der Waals surface area (Å²) in [6, 6.07) is 1.73. The van der Waals surface area contributed by atoms with E-state index in [4.69, 9.17) is 0 Å². The van der Waals surface area contributed by atoms with Gasteiger partial charge in [0.1, 0.15) is 0 Å². The van der Waals surface area contributed by atoms with Crippen molar-refractivity contribution < 1.29 is 0 Å². The van der Waals surface area contributed by atoms with E-state index in [1.165, 1.54) is 83.8 Å². The molecule has 2 nitrogen and oxygen atoms in total. The van der Waals surface area contributed by atoms with Crippen LogP contribution in [-0.2, 0) is 0 Å². The molecule has 1 heterocycles. The fourth-order valence-corrected chi connectivity index (χ4v) is 4.43. The van der Waals surface area contributed by atoms with Crippen molar-refractivity contribution in [2.45, 2.75) is 76.3 Å². The zero-order valence-electron chi connectivity index (χ0n) is 11.9. The van der Waals surface area contributed by atoms with E-state index >= 15 is 0 Å². The van der Waals surface area contributed by atoms with Crippen molar-refractivity contribution in [2.75, 3.05) is 19.6 Å². The topological polar surface area (TPSA) is 15.3 Å². The number of nitrogens with one attached hydrogen (secondary N) is 1. The van der Waals surface area contributed by atoms with Gasteiger partial charge in [0.25, 0.3) is 0 Å². The molecule has 1 atom stereocenters. The van der Waals surface area contributed by atoms with Crippen LogP contribution in [-0.4, -0.2) is 36.6 Å². The Morgan fingerprint density at radius 3 is 2.17 bits per heavy atom. The van der Waals surface area contributed by atoms with E-state index in [-0.39, 0.29) is 0 Å². The summed E-state index contributed by atoms with van der Waals surface area (Å²) in [4.78, 5) is 2.83. The van der Waals surface area contributed by atoms with Crippen molar-refractivity contribution in [3.63, 3.8) is 0 Å². The molecule has 1 N–H and O–H groups in total. The zero-order chi connectivity index (χ0) is 12.2. The first-order valence-electron chi connectivity index (χ1n) is 8.41. The normalized spacial score (nSPS) is 33.7. The molecule has 0 aromatic heterocycles. The number of piperazine rings is 1. The standard InChI is InChI=1S/C16H30N2/c1-3-7-14(8-4-1)16-13-18(12-11-17-16)15-9-5-2-6-10-15/h14-17H,1-13H2. The number of nitrogens with zero attached hydrogens (tertiary/aromatic N) is 1. The fourth-order valence-electron chi connectivity index (χ4n) is 4.43. The molecule has 1 aliphatic heterocycles. The number of hydrogen-bond donors (Lipinski definition) is 1. The number of rotatable bonds is 2. The van der Waals surface area contributed by atoms with Crippen LogP contribution in [0.3, 0.4) is 0 Å². The van der Waals surface area contributed by atoms with Crippen LogP contribution in [0, 0.1) is 5.92 Å². The minimum atomic E-state index is 0.806. The van der Waals surface area contributed by atoms with E-state index < -0.39 is 0 Å². The fraction of sp³-hybridized carbons (Fsp3) is 1.00. The second-order valence-electron chi connectivity index (χ2n) is 6.75. The highest BCUT2D eigenvalue weighted by Gasteiger charge is 2.31. The Hall–Kier alpha value is -0.0800. The Labute approximate surface area is 113 Å². The van der Waals surface area contributed by atoms with Gasteiger partial charge in [0.15, 0.2) is 0 Å². The van der Waals surface area contributed by atoms with Crippen molar-refractivity contribution in [3.8, 4) is 0 Å². The van der Waals surface area contributed by atoms with Gasteiger partial charge in [-0.05, 0) is 31.6 Å².